The molecule has 1 aliphatic rings. The lowest BCUT2D eigenvalue weighted by molar-refractivity contribution is -0.130. The zero-order chi connectivity index (χ0) is 17.9. The van der Waals surface area contributed by atoms with Gasteiger partial charge >= 0.3 is 0 Å². The van der Waals surface area contributed by atoms with E-state index in [4.69, 9.17) is 10.9 Å². The minimum atomic E-state index is -1.27. The number of amides is 1. The van der Waals surface area contributed by atoms with E-state index in [0.717, 1.165) is 24.6 Å². The summed E-state index contributed by atoms with van der Waals surface area (Å²) in [5.74, 6) is -0.387. The number of likely N-dealkylation sites (tertiary alicyclic amines) is 1. The van der Waals surface area contributed by atoms with Gasteiger partial charge in [-0.2, -0.15) is 0 Å². The summed E-state index contributed by atoms with van der Waals surface area (Å²) in [6.07, 6.45) is 3.26. The first kappa shape index (κ1) is 18.3. The van der Waals surface area contributed by atoms with E-state index in [-0.39, 0.29) is 35.0 Å². The van der Waals surface area contributed by atoms with Crippen LogP contribution in [-0.4, -0.2) is 45.0 Å². The van der Waals surface area contributed by atoms with Crippen molar-refractivity contribution in [2.75, 3.05) is 13.1 Å². The number of aromatic nitrogens is 1. The SMILES string of the molecule is Cc1c(SC(C)F)c(C(N)=NO)cn(CC(=O)N2CCCC2)c1=O. The van der Waals surface area contributed by atoms with Crippen LogP contribution in [0.3, 0.4) is 0 Å². The van der Waals surface area contributed by atoms with Crippen molar-refractivity contribution >= 4 is 23.5 Å². The number of carbonyl (C=O) groups is 1. The monoisotopic (exact) mass is 356 g/mol. The molecule has 9 heteroatoms. The van der Waals surface area contributed by atoms with Crippen molar-refractivity contribution in [3.63, 3.8) is 0 Å². The summed E-state index contributed by atoms with van der Waals surface area (Å²) in [5.41, 5.74) is 4.51. The van der Waals surface area contributed by atoms with Gasteiger partial charge in [-0.3, -0.25) is 9.59 Å². The molecule has 2 rings (SSSR count). The standard InChI is InChI=1S/C15H21FN4O3S/c1-9-13(24-10(2)16)11(14(17)18-23)7-20(15(9)22)8-12(21)19-5-3-4-6-19/h7,10,23H,3-6,8H2,1-2H3,(H2,17,18). The number of thioether (sulfide) groups is 1. The second kappa shape index (κ2) is 7.69. The number of nitrogens with two attached hydrogens (primary N) is 1. The maximum Gasteiger partial charge on any atom is 0.255 e. The van der Waals surface area contributed by atoms with Crippen LogP contribution in [0, 0.1) is 6.92 Å². The highest BCUT2D eigenvalue weighted by molar-refractivity contribution is 7.99. The molecule has 0 radical (unpaired) electrons. The van der Waals surface area contributed by atoms with Crippen LogP contribution in [0.5, 0.6) is 0 Å². The summed E-state index contributed by atoms with van der Waals surface area (Å²) in [6, 6.07) is 0. The first-order valence-corrected chi connectivity index (χ1v) is 8.53. The van der Waals surface area contributed by atoms with Gasteiger partial charge in [0, 0.05) is 29.7 Å². The van der Waals surface area contributed by atoms with E-state index in [1.54, 1.807) is 4.90 Å². The number of alkyl halides is 1. The molecule has 24 heavy (non-hydrogen) atoms. The van der Waals surface area contributed by atoms with Crippen LogP contribution in [0.25, 0.3) is 0 Å². The molecule has 0 spiro atoms. The number of rotatable bonds is 5. The van der Waals surface area contributed by atoms with E-state index in [1.165, 1.54) is 24.6 Å². The second-order valence-electron chi connectivity index (χ2n) is 5.66. The second-order valence-corrected chi connectivity index (χ2v) is 6.96. The Balaban J connectivity index is 2.43. The third-order valence-corrected chi connectivity index (χ3v) is 4.97. The Morgan fingerprint density at radius 3 is 2.67 bits per heavy atom. The van der Waals surface area contributed by atoms with Crippen molar-refractivity contribution in [1.29, 1.82) is 0 Å². The average molecular weight is 356 g/mol. The molecule has 7 nitrogen and oxygen atoms in total. The molecule has 0 aliphatic carbocycles. The molecule has 1 unspecified atom stereocenters. The van der Waals surface area contributed by atoms with Gasteiger partial charge in [-0.05, 0) is 26.7 Å². The molecule has 1 fully saturated rings. The Morgan fingerprint density at radius 2 is 2.12 bits per heavy atom. The minimum absolute atomic E-state index is 0.124. The van der Waals surface area contributed by atoms with Gasteiger partial charge in [-0.1, -0.05) is 16.9 Å². The van der Waals surface area contributed by atoms with Gasteiger partial charge in [0.2, 0.25) is 5.91 Å². The third kappa shape index (κ3) is 3.89. The van der Waals surface area contributed by atoms with Crippen molar-refractivity contribution in [2.24, 2.45) is 10.9 Å². The lowest BCUT2D eigenvalue weighted by Gasteiger charge is -2.18. The molecule has 3 N–H and O–H groups in total. The summed E-state index contributed by atoms with van der Waals surface area (Å²) in [5, 5.41) is 11.9. The first-order chi connectivity index (χ1) is 11.3. The number of oxime groups is 1. The van der Waals surface area contributed by atoms with Gasteiger partial charge in [0.25, 0.3) is 5.56 Å². The summed E-state index contributed by atoms with van der Waals surface area (Å²) in [4.78, 5) is 26.8. The smallest absolute Gasteiger partial charge is 0.255 e. The number of carbonyl (C=O) groups excluding carboxylic acids is 1. The maximum absolute atomic E-state index is 13.4. The van der Waals surface area contributed by atoms with Crippen molar-refractivity contribution < 1.29 is 14.4 Å². The predicted molar refractivity (Wildman–Crippen MR) is 90.2 cm³/mol. The van der Waals surface area contributed by atoms with E-state index >= 15 is 0 Å². The van der Waals surface area contributed by atoms with Crippen LogP contribution in [0.4, 0.5) is 4.39 Å². The van der Waals surface area contributed by atoms with E-state index < -0.39 is 5.50 Å². The Kier molecular flexibility index (Phi) is 5.87. The van der Waals surface area contributed by atoms with Crippen molar-refractivity contribution in [2.45, 2.75) is 43.6 Å². The number of nitrogens with zero attached hydrogens (tertiary/aromatic N) is 3. The van der Waals surface area contributed by atoms with Gasteiger partial charge in [-0.15, -0.1) is 0 Å². The molecule has 1 aromatic heterocycles. The molecular formula is C15H21FN4O3S. The van der Waals surface area contributed by atoms with Crippen LogP contribution >= 0.6 is 11.8 Å². The van der Waals surface area contributed by atoms with Gasteiger partial charge < -0.3 is 20.4 Å². The highest BCUT2D eigenvalue weighted by Gasteiger charge is 2.22. The van der Waals surface area contributed by atoms with Crippen molar-refractivity contribution in [1.82, 2.24) is 9.47 Å². The van der Waals surface area contributed by atoms with Crippen molar-refractivity contribution in [3.05, 3.63) is 27.7 Å². The minimum Gasteiger partial charge on any atom is -0.409 e. The fourth-order valence-corrected chi connectivity index (χ4v) is 3.54. The summed E-state index contributed by atoms with van der Waals surface area (Å²) in [7, 11) is 0. The molecular weight excluding hydrogens is 335 g/mol. The fourth-order valence-electron chi connectivity index (χ4n) is 2.67. The van der Waals surface area contributed by atoms with Gasteiger partial charge in [0.1, 0.15) is 12.0 Å². The lowest BCUT2D eigenvalue weighted by Crippen LogP contribution is -2.36. The van der Waals surface area contributed by atoms with Crippen LogP contribution < -0.4 is 11.3 Å². The van der Waals surface area contributed by atoms with Crippen LogP contribution in [0.2, 0.25) is 0 Å². The zero-order valence-electron chi connectivity index (χ0n) is 13.7. The summed E-state index contributed by atoms with van der Waals surface area (Å²) < 4.78 is 14.6. The summed E-state index contributed by atoms with van der Waals surface area (Å²) >= 11 is 0.815. The Hall–Kier alpha value is -2.03. The number of pyridine rings is 1. The molecule has 1 aromatic rings. The van der Waals surface area contributed by atoms with Gasteiger partial charge in [0.15, 0.2) is 5.84 Å². The van der Waals surface area contributed by atoms with E-state index in [0.29, 0.717) is 18.0 Å². The maximum atomic E-state index is 13.4. The highest BCUT2D eigenvalue weighted by Crippen LogP contribution is 2.29. The van der Waals surface area contributed by atoms with E-state index in [9.17, 15) is 14.0 Å². The number of hydrogen-bond acceptors (Lipinski definition) is 5. The topological polar surface area (TPSA) is 101 Å². The molecule has 1 atom stereocenters. The van der Waals surface area contributed by atoms with E-state index in [1.807, 2.05) is 0 Å². The molecule has 0 bridgehead atoms. The largest absolute Gasteiger partial charge is 0.409 e. The van der Waals surface area contributed by atoms with Crippen LogP contribution in [-0.2, 0) is 11.3 Å². The molecule has 1 aliphatic heterocycles. The molecule has 132 valence electrons. The predicted octanol–water partition coefficient (Wildman–Crippen LogP) is 1.28. The Morgan fingerprint density at radius 1 is 1.50 bits per heavy atom. The van der Waals surface area contributed by atoms with Crippen LogP contribution in [0.15, 0.2) is 21.0 Å². The molecule has 0 saturated carbocycles. The number of amidine groups is 1. The van der Waals surface area contributed by atoms with Crippen LogP contribution in [0.1, 0.15) is 30.9 Å². The van der Waals surface area contributed by atoms with Gasteiger partial charge in [0.05, 0.1) is 5.56 Å². The average Bonchev–Trinajstić information content (AvgIpc) is 3.07. The molecule has 1 saturated heterocycles. The Bertz CT molecular complexity index is 711. The number of halogens is 1. The molecule has 0 aromatic carbocycles. The quantitative estimate of drug-likeness (QED) is 0.272. The first-order valence-electron chi connectivity index (χ1n) is 7.65. The molecule has 1 amide bonds. The summed E-state index contributed by atoms with van der Waals surface area (Å²) in [6.45, 7) is 4.13. The van der Waals surface area contributed by atoms with Gasteiger partial charge in [-0.25, -0.2) is 4.39 Å². The van der Waals surface area contributed by atoms with Crippen molar-refractivity contribution in [3.8, 4) is 0 Å². The van der Waals surface area contributed by atoms with E-state index in [2.05, 4.69) is 5.16 Å². The lowest BCUT2D eigenvalue weighted by atomic mass is 10.2. The zero-order valence-corrected chi connectivity index (χ0v) is 14.5. The number of hydrogen-bond donors (Lipinski definition) is 2. The third-order valence-electron chi connectivity index (χ3n) is 3.88. The highest BCUT2D eigenvalue weighted by atomic mass is 32.2. The normalized spacial score (nSPS) is 16.5. The Labute approximate surface area is 143 Å². The molecule has 2 heterocycles. The fraction of sp³-hybridized carbons (Fsp3) is 0.533.